The summed E-state index contributed by atoms with van der Waals surface area (Å²) in [6.07, 6.45) is 3.31. The van der Waals surface area contributed by atoms with E-state index >= 15 is 0 Å². The monoisotopic (exact) mass is 367 g/mol. The van der Waals surface area contributed by atoms with Gasteiger partial charge in [-0.3, -0.25) is 4.79 Å². The van der Waals surface area contributed by atoms with Crippen molar-refractivity contribution in [3.63, 3.8) is 0 Å². The van der Waals surface area contributed by atoms with Crippen LogP contribution in [-0.2, 0) is 11.2 Å². The predicted molar refractivity (Wildman–Crippen MR) is 107 cm³/mol. The second kappa shape index (κ2) is 10.1. The Kier molecular flexibility index (Phi) is 7.55. The molecule has 0 saturated heterocycles. The van der Waals surface area contributed by atoms with Gasteiger partial charge >= 0.3 is 0 Å². The predicted octanol–water partition coefficient (Wildman–Crippen LogP) is 5.55. The SMILES string of the molecule is CCCCc1ccc(N=N/C(C(=O)Nc2ccccc2OC)=C(\C)O)cc1. The lowest BCUT2D eigenvalue weighted by atomic mass is 10.1. The molecule has 0 unspecified atom stereocenters. The second-order valence-electron chi connectivity index (χ2n) is 6.06. The molecule has 2 N–H and O–H groups in total. The number of aliphatic hydroxyl groups excluding tert-OH is 1. The Hall–Kier alpha value is -3.15. The molecule has 2 aromatic rings. The van der Waals surface area contributed by atoms with Gasteiger partial charge in [-0.05, 0) is 49.6 Å². The Bertz CT molecular complexity index is 823. The highest BCUT2D eigenvalue weighted by molar-refractivity contribution is 6.04. The molecule has 0 atom stereocenters. The number of aryl methyl sites for hydroxylation is 1. The lowest BCUT2D eigenvalue weighted by Crippen LogP contribution is -2.15. The zero-order valence-electron chi connectivity index (χ0n) is 15.9. The number of para-hydroxylation sites is 2. The molecular formula is C21H25N3O3. The maximum atomic E-state index is 12.5. The van der Waals surface area contributed by atoms with E-state index in [1.54, 1.807) is 24.3 Å². The summed E-state index contributed by atoms with van der Waals surface area (Å²) in [5, 5.41) is 20.5. The van der Waals surface area contributed by atoms with Gasteiger partial charge in [0.15, 0.2) is 5.70 Å². The number of hydrogen-bond acceptors (Lipinski definition) is 5. The average Bonchev–Trinajstić information content (AvgIpc) is 2.67. The molecule has 27 heavy (non-hydrogen) atoms. The van der Waals surface area contributed by atoms with E-state index in [1.165, 1.54) is 19.6 Å². The average molecular weight is 367 g/mol. The minimum Gasteiger partial charge on any atom is -0.510 e. The minimum atomic E-state index is -0.567. The minimum absolute atomic E-state index is 0.157. The Morgan fingerprint density at radius 1 is 1.15 bits per heavy atom. The molecule has 0 aliphatic heterocycles. The van der Waals surface area contributed by atoms with E-state index in [-0.39, 0.29) is 11.5 Å². The van der Waals surface area contributed by atoms with Crippen LogP contribution in [0.15, 0.2) is 70.2 Å². The van der Waals surface area contributed by atoms with Crippen LogP contribution in [0.3, 0.4) is 0 Å². The van der Waals surface area contributed by atoms with E-state index in [9.17, 15) is 9.90 Å². The smallest absolute Gasteiger partial charge is 0.279 e. The third-order valence-electron chi connectivity index (χ3n) is 3.93. The molecule has 6 nitrogen and oxygen atoms in total. The first-order valence-electron chi connectivity index (χ1n) is 8.90. The number of amides is 1. The molecule has 0 saturated carbocycles. The van der Waals surface area contributed by atoms with Crippen LogP contribution in [0, 0.1) is 0 Å². The molecule has 0 radical (unpaired) electrons. The van der Waals surface area contributed by atoms with Crippen molar-refractivity contribution < 1.29 is 14.6 Å². The van der Waals surface area contributed by atoms with Crippen LogP contribution in [0.5, 0.6) is 5.75 Å². The van der Waals surface area contributed by atoms with Gasteiger partial charge in [-0.25, -0.2) is 0 Å². The van der Waals surface area contributed by atoms with Crippen LogP contribution in [-0.4, -0.2) is 18.1 Å². The first kappa shape index (κ1) is 20.2. The molecule has 0 aromatic heterocycles. The molecule has 0 aliphatic rings. The van der Waals surface area contributed by atoms with Crippen molar-refractivity contribution in [2.75, 3.05) is 12.4 Å². The van der Waals surface area contributed by atoms with Gasteiger partial charge in [0.05, 0.1) is 18.5 Å². The van der Waals surface area contributed by atoms with E-state index in [0.717, 1.165) is 19.3 Å². The number of carbonyl (C=O) groups excluding carboxylic acids is 1. The van der Waals surface area contributed by atoms with Gasteiger partial charge in [-0.2, -0.15) is 5.11 Å². The van der Waals surface area contributed by atoms with E-state index < -0.39 is 5.91 Å². The summed E-state index contributed by atoms with van der Waals surface area (Å²) in [6, 6.07) is 14.7. The molecular weight excluding hydrogens is 342 g/mol. The number of nitrogens with zero attached hydrogens (tertiary/aromatic N) is 2. The zero-order chi connectivity index (χ0) is 19.6. The summed E-state index contributed by atoms with van der Waals surface area (Å²) in [6.45, 7) is 3.55. The van der Waals surface area contributed by atoms with Crippen LogP contribution >= 0.6 is 0 Å². The lowest BCUT2D eigenvalue weighted by Gasteiger charge is -2.09. The summed E-state index contributed by atoms with van der Waals surface area (Å²) in [5.74, 6) is -0.270. The van der Waals surface area contributed by atoms with Gasteiger partial charge < -0.3 is 15.2 Å². The molecule has 0 fully saturated rings. The van der Waals surface area contributed by atoms with Crippen molar-refractivity contribution in [2.45, 2.75) is 33.1 Å². The summed E-state index contributed by atoms with van der Waals surface area (Å²) in [5.41, 5.74) is 2.17. The van der Waals surface area contributed by atoms with Gasteiger partial charge in [0.25, 0.3) is 5.91 Å². The topological polar surface area (TPSA) is 83.3 Å². The number of rotatable bonds is 8. The van der Waals surface area contributed by atoms with Gasteiger partial charge in [-0.1, -0.05) is 37.6 Å². The quantitative estimate of drug-likeness (QED) is 0.364. The van der Waals surface area contributed by atoms with Crippen LogP contribution in [0.25, 0.3) is 0 Å². The van der Waals surface area contributed by atoms with E-state index in [4.69, 9.17) is 4.74 Å². The van der Waals surface area contributed by atoms with Crippen molar-refractivity contribution in [1.82, 2.24) is 0 Å². The van der Waals surface area contributed by atoms with Gasteiger partial charge in [0.2, 0.25) is 0 Å². The number of carbonyl (C=O) groups is 1. The molecule has 2 aromatic carbocycles. The van der Waals surface area contributed by atoms with Crippen molar-refractivity contribution in [1.29, 1.82) is 0 Å². The van der Waals surface area contributed by atoms with Crippen LogP contribution < -0.4 is 10.1 Å². The Labute approximate surface area is 159 Å². The third-order valence-corrected chi connectivity index (χ3v) is 3.93. The van der Waals surface area contributed by atoms with E-state index in [0.29, 0.717) is 17.1 Å². The van der Waals surface area contributed by atoms with Crippen molar-refractivity contribution in [3.05, 3.63) is 65.6 Å². The Balaban J connectivity index is 2.12. The fraction of sp³-hybridized carbons (Fsp3) is 0.286. The van der Waals surface area contributed by atoms with Crippen molar-refractivity contribution in [2.24, 2.45) is 10.2 Å². The standard InChI is InChI=1S/C21H25N3O3/c1-4-5-8-16-11-13-17(14-12-16)23-24-20(15(2)25)21(26)22-18-9-6-7-10-19(18)27-3/h6-7,9-14,25H,4-5,8H2,1-3H3,(H,22,26)/b20-15+,24-23?. The fourth-order valence-corrected chi connectivity index (χ4v) is 2.43. The number of allylic oxidation sites excluding steroid dienone is 1. The van der Waals surface area contributed by atoms with Gasteiger partial charge in [-0.15, -0.1) is 5.11 Å². The van der Waals surface area contributed by atoms with Crippen molar-refractivity contribution >= 4 is 17.3 Å². The number of methoxy groups -OCH3 is 1. The van der Waals surface area contributed by atoms with Gasteiger partial charge in [0.1, 0.15) is 11.5 Å². The highest BCUT2D eigenvalue weighted by Gasteiger charge is 2.15. The summed E-state index contributed by atoms with van der Waals surface area (Å²) in [7, 11) is 1.52. The molecule has 0 bridgehead atoms. The number of azo groups is 1. The van der Waals surface area contributed by atoms with Crippen LogP contribution in [0.2, 0.25) is 0 Å². The van der Waals surface area contributed by atoms with Crippen molar-refractivity contribution in [3.8, 4) is 5.75 Å². The first-order chi connectivity index (χ1) is 13.0. The molecule has 0 aliphatic carbocycles. The molecule has 6 heteroatoms. The molecule has 2 rings (SSSR count). The Morgan fingerprint density at radius 3 is 2.48 bits per heavy atom. The maximum Gasteiger partial charge on any atom is 0.279 e. The molecule has 1 amide bonds. The number of hydrogen-bond donors (Lipinski definition) is 2. The zero-order valence-corrected chi connectivity index (χ0v) is 15.9. The number of aliphatic hydroxyl groups is 1. The van der Waals surface area contributed by atoms with Crippen LogP contribution in [0.4, 0.5) is 11.4 Å². The lowest BCUT2D eigenvalue weighted by molar-refractivity contribution is -0.113. The highest BCUT2D eigenvalue weighted by Crippen LogP contribution is 2.24. The number of benzene rings is 2. The summed E-state index contributed by atoms with van der Waals surface area (Å²) < 4.78 is 5.21. The van der Waals surface area contributed by atoms with E-state index in [2.05, 4.69) is 22.5 Å². The third kappa shape index (κ3) is 5.95. The molecule has 142 valence electrons. The van der Waals surface area contributed by atoms with Gasteiger partial charge in [0, 0.05) is 0 Å². The van der Waals surface area contributed by atoms with Crippen LogP contribution in [0.1, 0.15) is 32.3 Å². The second-order valence-corrected chi connectivity index (χ2v) is 6.06. The number of unbranched alkanes of at least 4 members (excludes halogenated alkanes) is 1. The van der Waals surface area contributed by atoms with E-state index in [1.807, 2.05) is 24.3 Å². The fourth-order valence-electron chi connectivity index (χ4n) is 2.43. The molecule has 0 spiro atoms. The maximum absolute atomic E-state index is 12.5. The number of ether oxygens (including phenoxy) is 1. The Morgan fingerprint density at radius 2 is 1.85 bits per heavy atom. The highest BCUT2D eigenvalue weighted by atomic mass is 16.5. The molecule has 0 heterocycles. The number of nitrogens with one attached hydrogen (secondary N) is 1. The summed E-state index contributed by atoms with van der Waals surface area (Å²) >= 11 is 0. The largest absolute Gasteiger partial charge is 0.510 e. The number of anilines is 1. The normalized spacial score (nSPS) is 12.0. The summed E-state index contributed by atoms with van der Waals surface area (Å²) in [4.78, 5) is 12.5. The first-order valence-corrected chi connectivity index (χ1v) is 8.90.